The summed E-state index contributed by atoms with van der Waals surface area (Å²) in [6, 6.07) is 3.12. The normalized spacial score (nSPS) is 17.5. The average Bonchev–Trinajstić information content (AvgIpc) is 2.82. The topological polar surface area (TPSA) is 101 Å². The van der Waals surface area contributed by atoms with Gasteiger partial charge >= 0.3 is 13.1 Å². The molecule has 2 rings (SSSR count). The Morgan fingerprint density at radius 1 is 1.18 bits per heavy atom. The Labute approximate surface area is 165 Å². The van der Waals surface area contributed by atoms with Crippen LogP contribution in [0, 0.1) is 0 Å². The molecule has 0 unspecified atom stereocenters. The lowest BCUT2D eigenvalue weighted by molar-refractivity contribution is -0.136. The van der Waals surface area contributed by atoms with Crippen molar-refractivity contribution in [2.24, 2.45) is 0 Å². The van der Waals surface area contributed by atoms with Crippen molar-refractivity contribution < 1.29 is 38.2 Å². The molecule has 1 N–H and O–H groups in total. The van der Waals surface area contributed by atoms with Gasteiger partial charge in [-0.2, -0.15) is 0 Å². The Balaban J connectivity index is 2.38. The van der Waals surface area contributed by atoms with Crippen LogP contribution in [0.15, 0.2) is 12.1 Å². The van der Waals surface area contributed by atoms with Crippen LogP contribution < -0.4 is 10.2 Å². The van der Waals surface area contributed by atoms with E-state index in [2.05, 4.69) is 0 Å². The molecule has 1 aliphatic heterocycles. The number of carbonyl (C=O) groups excluding carboxylic acids is 1. The lowest BCUT2D eigenvalue weighted by atomic mass is 9.76. The van der Waals surface area contributed by atoms with Gasteiger partial charge < -0.3 is 28.6 Å². The van der Waals surface area contributed by atoms with Crippen molar-refractivity contribution in [2.45, 2.75) is 45.3 Å². The van der Waals surface area contributed by atoms with Crippen molar-refractivity contribution in [2.75, 3.05) is 27.1 Å². The summed E-state index contributed by atoms with van der Waals surface area (Å²) >= 11 is 0. The molecule has 0 aliphatic carbocycles. The predicted octanol–water partition coefficient (Wildman–Crippen LogP) is 1.42. The molecular formula is C19H27BO8. The van der Waals surface area contributed by atoms with Crippen molar-refractivity contribution >= 4 is 24.8 Å². The third kappa shape index (κ3) is 5.11. The lowest BCUT2D eigenvalue weighted by Crippen LogP contribution is -2.41. The van der Waals surface area contributed by atoms with Gasteiger partial charge in [0.2, 0.25) is 0 Å². The highest BCUT2D eigenvalue weighted by atomic mass is 16.7. The number of aldehydes is 1. The highest BCUT2D eigenvalue weighted by molar-refractivity contribution is 6.63. The van der Waals surface area contributed by atoms with Gasteiger partial charge in [0.05, 0.1) is 36.4 Å². The minimum atomic E-state index is -1.01. The fraction of sp³-hybridized carbons (Fsp3) is 0.579. The van der Waals surface area contributed by atoms with Gasteiger partial charge in [-0.15, -0.1) is 0 Å². The van der Waals surface area contributed by atoms with E-state index in [4.69, 9.17) is 28.6 Å². The number of carboxylic acids is 1. The van der Waals surface area contributed by atoms with E-state index in [1.807, 2.05) is 27.7 Å². The maximum Gasteiger partial charge on any atom is 0.498 e. The zero-order chi connectivity index (χ0) is 20.9. The standard InChI is InChI=1S/C19H27BO8/c1-18(2)19(3,4)28-20(27-18)15-9-13(10-16(22)23)8-14(11-21)17(15)26-12-25-7-6-24-5/h8-9,11H,6-7,10,12H2,1-5H3,(H,22,23). The van der Waals surface area contributed by atoms with Crippen LogP contribution in [-0.2, 0) is 30.0 Å². The van der Waals surface area contributed by atoms with E-state index in [9.17, 15) is 9.59 Å². The maximum absolute atomic E-state index is 11.7. The summed E-state index contributed by atoms with van der Waals surface area (Å²) < 4.78 is 28.1. The van der Waals surface area contributed by atoms with Gasteiger partial charge in [0.1, 0.15) is 5.75 Å². The quantitative estimate of drug-likeness (QED) is 0.275. The number of hydrogen-bond donors (Lipinski definition) is 1. The van der Waals surface area contributed by atoms with E-state index < -0.39 is 24.3 Å². The first-order valence-electron chi connectivity index (χ1n) is 9.00. The maximum atomic E-state index is 11.7. The molecule has 8 nitrogen and oxygen atoms in total. The molecule has 1 aliphatic rings. The van der Waals surface area contributed by atoms with Crippen molar-refractivity contribution in [3.63, 3.8) is 0 Å². The fourth-order valence-corrected chi connectivity index (χ4v) is 2.72. The molecule has 1 saturated heterocycles. The zero-order valence-electron chi connectivity index (χ0n) is 16.9. The summed E-state index contributed by atoms with van der Waals surface area (Å²) in [6.07, 6.45) is 0.378. The Bertz CT molecular complexity index is 700. The largest absolute Gasteiger partial charge is 0.498 e. The zero-order valence-corrected chi connectivity index (χ0v) is 16.9. The predicted molar refractivity (Wildman–Crippen MR) is 102 cm³/mol. The molecule has 0 aromatic heterocycles. The summed E-state index contributed by atoms with van der Waals surface area (Å²) in [5.74, 6) is -0.756. The molecular weight excluding hydrogens is 367 g/mol. The first-order valence-corrected chi connectivity index (χ1v) is 9.00. The molecule has 0 radical (unpaired) electrons. The van der Waals surface area contributed by atoms with E-state index in [0.29, 0.717) is 30.5 Å². The molecule has 0 spiro atoms. The Morgan fingerprint density at radius 3 is 2.36 bits per heavy atom. The van der Waals surface area contributed by atoms with Gasteiger partial charge in [-0.25, -0.2) is 0 Å². The number of benzene rings is 1. The van der Waals surface area contributed by atoms with Gasteiger partial charge in [-0.1, -0.05) is 6.07 Å². The molecule has 0 amide bonds. The minimum Gasteiger partial charge on any atom is -0.481 e. The third-order valence-corrected chi connectivity index (χ3v) is 4.91. The summed E-state index contributed by atoms with van der Waals surface area (Å²) in [5.41, 5.74) is -0.0946. The van der Waals surface area contributed by atoms with E-state index in [-0.39, 0.29) is 24.5 Å². The second-order valence-electron chi connectivity index (χ2n) is 7.54. The first-order chi connectivity index (χ1) is 13.1. The first kappa shape index (κ1) is 22.4. The van der Waals surface area contributed by atoms with Gasteiger partial charge in [0.25, 0.3) is 0 Å². The Hall–Kier alpha value is -1.94. The highest BCUT2D eigenvalue weighted by Gasteiger charge is 2.52. The second kappa shape index (κ2) is 9.04. The summed E-state index contributed by atoms with van der Waals surface area (Å²) in [4.78, 5) is 22.8. The third-order valence-electron chi connectivity index (χ3n) is 4.91. The van der Waals surface area contributed by atoms with Gasteiger partial charge in [-0.3, -0.25) is 9.59 Å². The average molecular weight is 394 g/mol. The number of hydrogen-bond acceptors (Lipinski definition) is 7. The van der Waals surface area contributed by atoms with Crippen LogP contribution in [0.1, 0.15) is 43.6 Å². The van der Waals surface area contributed by atoms with Crippen LogP contribution in [0.2, 0.25) is 0 Å². The number of carbonyl (C=O) groups is 2. The van der Waals surface area contributed by atoms with Crippen LogP contribution in [0.4, 0.5) is 0 Å². The number of rotatable bonds is 10. The van der Waals surface area contributed by atoms with Crippen molar-refractivity contribution in [3.05, 3.63) is 23.3 Å². The minimum absolute atomic E-state index is 0.102. The molecule has 1 fully saturated rings. The molecule has 1 aromatic rings. The highest BCUT2D eigenvalue weighted by Crippen LogP contribution is 2.37. The van der Waals surface area contributed by atoms with Crippen LogP contribution >= 0.6 is 0 Å². The second-order valence-corrected chi connectivity index (χ2v) is 7.54. The van der Waals surface area contributed by atoms with E-state index in [0.717, 1.165) is 0 Å². The smallest absolute Gasteiger partial charge is 0.481 e. The van der Waals surface area contributed by atoms with Crippen LogP contribution in [0.25, 0.3) is 0 Å². The number of methoxy groups -OCH3 is 1. The molecule has 0 bridgehead atoms. The van der Waals surface area contributed by atoms with Gasteiger partial charge in [0.15, 0.2) is 13.1 Å². The monoisotopic (exact) mass is 394 g/mol. The molecule has 1 aromatic carbocycles. The van der Waals surface area contributed by atoms with Crippen LogP contribution in [0.3, 0.4) is 0 Å². The van der Waals surface area contributed by atoms with E-state index in [1.54, 1.807) is 13.2 Å². The molecule has 0 atom stereocenters. The molecule has 154 valence electrons. The van der Waals surface area contributed by atoms with Crippen molar-refractivity contribution in [1.29, 1.82) is 0 Å². The fourth-order valence-electron chi connectivity index (χ4n) is 2.72. The Kier molecular flexibility index (Phi) is 7.22. The number of ether oxygens (including phenoxy) is 3. The molecule has 9 heteroatoms. The van der Waals surface area contributed by atoms with E-state index >= 15 is 0 Å². The molecule has 0 saturated carbocycles. The van der Waals surface area contributed by atoms with Gasteiger partial charge in [-0.05, 0) is 39.3 Å². The van der Waals surface area contributed by atoms with Crippen LogP contribution in [0.5, 0.6) is 5.75 Å². The Morgan fingerprint density at radius 2 is 1.82 bits per heavy atom. The van der Waals surface area contributed by atoms with E-state index in [1.165, 1.54) is 6.07 Å². The van der Waals surface area contributed by atoms with Crippen LogP contribution in [-0.4, -0.2) is 62.8 Å². The molecule has 1 heterocycles. The summed E-state index contributed by atoms with van der Waals surface area (Å²) in [6.45, 7) is 8.26. The molecule has 28 heavy (non-hydrogen) atoms. The summed E-state index contributed by atoms with van der Waals surface area (Å²) in [5, 5.41) is 9.13. The van der Waals surface area contributed by atoms with Crippen molar-refractivity contribution in [3.8, 4) is 5.75 Å². The lowest BCUT2D eigenvalue weighted by Gasteiger charge is -2.32. The van der Waals surface area contributed by atoms with Gasteiger partial charge in [0, 0.05) is 12.6 Å². The SMILES string of the molecule is COCCOCOc1c(C=O)cc(CC(=O)O)cc1B1OC(C)(C)C(C)(C)O1. The number of carboxylic acid groups (broad SMARTS) is 1. The number of aliphatic carboxylic acids is 1. The summed E-state index contributed by atoms with van der Waals surface area (Å²) in [7, 11) is 0.748. The van der Waals surface area contributed by atoms with Crippen molar-refractivity contribution in [1.82, 2.24) is 0 Å².